The van der Waals surface area contributed by atoms with Crippen LogP contribution in [0.5, 0.6) is 0 Å². The molecular formula is C26H23N5O2. The van der Waals surface area contributed by atoms with Gasteiger partial charge >= 0.3 is 0 Å². The van der Waals surface area contributed by atoms with Crippen LogP contribution in [0.25, 0.3) is 39.3 Å². The Balaban J connectivity index is 1.30. The summed E-state index contributed by atoms with van der Waals surface area (Å²) < 4.78 is 7.82. The fourth-order valence-electron chi connectivity index (χ4n) is 4.37. The first-order valence-electron chi connectivity index (χ1n) is 11.1. The highest BCUT2D eigenvalue weighted by molar-refractivity contribution is 5.94. The molecule has 7 heteroatoms. The van der Waals surface area contributed by atoms with Gasteiger partial charge in [0, 0.05) is 35.6 Å². The summed E-state index contributed by atoms with van der Waals surface area (Å²) >= 11 is 0. The molecule has 0 bridgehead atoms. The second-order valence-corrected chi connectivity index (χ2v) is 8.49. The third-order valence-corrected chi connectivity index (χ3v) is 6.29. The average molecular weight is 438 g/mol. The first-order chi connectivity index (χ1) is 16.2. The van der Waals surface area contributed by atoms with Crippen LogP contribution in [-0.4, -0.2) is 44.5 Å². The molecule has 1 fully saturated rings. The van der Waals surface area contributed by atoms with Gasteiger partial charge in [-0.05, 0) is 49.2 Å². The van der Waals surface area contributed by atoms with Gasteiger partial charge in [-0.2, -0.15) is 5.10 Å². The molecule has 0 atom stereocenters. The lowest BCUT2D eigenvalue weighted by Gasteiger charge is -2.30. The molecule has 5 aromatic rings. The lowest BCUT2D eigenvalue weighted by Crippen LogP contribution is -2.42. The number of aromatic nitrogens is 3. The highest BCUT2D eigenvalue weighted by Crippen LogP contribution is 2.29. The summed E-state index contributed by atoms with van der Waals surface area (Å²) in [6, 6.07) is 21.6. The molecule has 7 nitrogen and oxygen atoms in total. The van der Waals surface area contributed by atoms with Gasteiger partial charge in [0.1, 0.15) is 11.3 Å². The minimum atomic E-state index is 0.0543. The zero-order valence-electron chi connectivity index (χ0n) is 18.0. The van der Waals surface area contributed by atoms with E-state index in [0.717, 1.165) is 52.2 Å². The van der Waals surface area contributed by atoms with Crippen molar-refractivity contribution in [3.8, 4) is 22.7 Å². The molecule has 2 N–H and O–H groups in total. The molecule has 6 rings (SSSR count). The second-order valence-electron chi connectivity index (χ2n) is 8.49. The molecular weight excluding hydrogens is 414 g/mol. The van der Waals surface area contributed by atoms with Crippen molar-refractivity contribution < 1.29 is 9.21 Å². The van der Waals surface area contributed by atoms with Gasteiger partial charge in [0.2, 0.25) is 0 Å². The Kier molecular flexibility index (Phi) is 4.69. The number of furan rings is 1. The average Bonchev–Trinajstić information content (AvgIpc) is 3.47. The molecule has 164 valence electrons. The summed E-state index contributed by atoms with van der Waals surface area (Å²) in [6.07, 6.45) is 3.48. The number of para-hydroxylation sites is 1. The monoisotopic (exact) mass is 437 g/mol. The molecule has 1 aliphatic heterocycles. The summed E-state index contributed by atoms with van der Waals surface area (Å²) in [4.78, 5) is 19.2. The third kappa shape index (κ3) is 3.56. The number of carbonyl (C=O) groups excluding carboxylic acids is 1. The van der Waals surface area contributed by atoms with Crippen molar-refractivity contribution in [1.29, 1.82) is 0 Å². The zero-order chi connectivity index (χ0) is 22.4. The summed E-state index contributed by atoms with van der Waals surface area (Å²) in [5.41, 5.74) is 10.7. The predicted molar refractivity (Wildman–Crippen MR) is 127 cm³/mol. The number of fused-ring (bicyclic) bond motifs is 2. The van der Waals surface area contributed by atoms with E-state index >= 15 is 0 Å². The summed E-state index contributed by atoms with van der Waals surface area (Å²) in [7, 11) is 0. The van der Waals surface area contributed by atoms with Gasteiger partial charge in [-0.25, -0.2) is 9.50 Å². The highest BCUT2D eigenvalue weighted by atomic mass is 16.3. The van der Waals surface area contributed by atoms with E-state index in [9.17, 15) is 4.79 Å². The summed E-state index contributed by atoms with van der Waals surface area (Å²) in [5.74, 6) is 0.772. The van der Waals surface area contributed by atoms with Gasteiger partial charge in [-0.1, -0.05) is 30.3 Å². The SMILES string of the molecule is NC1CCN(C(=O)c2ccc(-c3ccc4ncc(-c5cc6ccccc6o5)n4n3)cc2)CC1. The van der Waals surface area contributed by atoms with Crippen molar-refractivity contribution in [2.75, 3.05) is 13.1 Å². The van der Waals surface area contributed by atoms with Gasteiger partial charge < -0.3 is 15.1 Å². The Labute approximate surface area is 190 Å². The van der Waals surface area contributed by atoms with Crippen LogP contribution in [0, 0.1) is 0 Å². The zero-order valence-corrected chi connectivity index (χ0v) is 18.0. The Morgan fingerprint density at radius 3 is 2.58 bits per heavy atom. The minimum Gasteiger partial charge on any atom is -0.454 e. The third-order valence-electron chi connectivity index (χ3n) is 6.29. The van der Waals surface area contributed by atoms with Crippen molar-refractivity contribution in [3.63, 3.8) is 0 Å². The van der Waals surface area contributed by atoms with Crippen LogP contribution in [0.4, 0.5) is 0 Å². The standard InChI is InChI=1S/C26H23N5O2/c27-20-11-13-30(14-12-20)26(32)18-7-5-17(6-8-18)21-9-10-25-28-16-22(31(25)29-21)24-15-19-3-1-2-4-23(19)33-24/h1-10,15-16,20H,11-14,27H2. The number of amides is 1. The number of rotatable bonds is 3. The van der Waals surface area contributed by atoms with Crippen molar-refractivity contribution in [3.05, 3.63) is 78.5 Å². The number of carbonyl (C=O) groups is 1. The topological polar surface area (TPSA) is 89.7 Å². The van der Waals surface area contributed by atoms with E-state index < -0.39 is 0 Å². The molecule has 0 spiro atoms. The maximum absolute atomic E-state index is 12.8. The maximum Gasteiger partial charge on any atom is 0.253 e. The number of nitrogens with two attached hydrogens (primary N) is 1. The van der Waals surface area contributed by atoms with Crippen LogP contribution in [0.1, 0.15) is 23.2 Å². The van der Waals surface area contributed by atoms with E-state index in [2.05, 4.69) is 4.98 Å². The molecule has 4 heterocycles. The molecule has 3 aromatic heterocycles. The first kappa shape index (κ1) is 19.7. The van der Waals surface area contributed by atoms with Crippen LogP contribution < -0.4 is 5.73 Å². The molecule has 0 radical (unpaired) electrons. The molecule has 2 aromatic carbocycles. The number of imidazole rings is 1. The fourth-order valence-corrected chi connectivity index (χ4v) is 4.37. The molecule has 33 heavy (non-hydrogen) atoms. The quantitative estimate of drug-likeness (QED) is 0.453. The van der Waals surface area contributed by atoms with E-state index in [1.54, 1.807) is 10.7 Å². The van der Waals surface area contributed by atoms with E-state index in [0.29, 0.717) is 18.7 Å². The van der Waals surface area contributed by atoms with Gasteiger partial charge in [0.05, 0.1) is 11.9 Å². The molecule has 1 amide bonds. The van der Waals surface area contributed by atoms with E-state index in [4.69, 9.17) is 15.2 Å². The number of hydrogen-bond donors (Lipinski definition) is 1. The van der Waals surface area contributed by atoms with Gasteiger partial charge in [0.15, 0.2) is 11.4 Å². The summed E-state index contributed by atoms with van der Waals surface area (Å²) in [5, 5.41) is 5.85. The number of hydrogen-bond acceptors (Lipinski definition) is 5. The Morgan fingerprint density at radius 1 is 1.00 bits per heavy atom. The Bertz CT molecular complexity index is 1430. The van der Waals surface area contributed by atoms with Crippen LogP contribution in [0.15, 0.2) is 77.3 Å². The second kappa shape index (κ2) is 7.86. The van der Waals surface area contributed by atoms with Crippen molar-refractivity contribution in [2.45, 2.75) is 18.9 Å². The number of likely N-dealkylation sites (tertiary alicyclic amines) is 1. The van der Waals surface area contributed by atoms with Crippen LogP contribution >= 0.6 is 0 Å². The van der Waals surface area contributed by atoms with Crippen LogP contribution in [0.2, 0.25) is 0 Å². The Hall–Kier alpha value is -3.97. The van der Waals surface area contributed by atoms with E-state index in [1.807, 2.05) is 71.6 Å². The van der Waals surface area contributed by atoms with E-state index in [1.165, 1.54) is 0 Å². The van der Waals surface area contributed by atoms with Crippen molar-refractivity contribution in [2.24, 2.45) is 5.73 Å². The molecule has 0 aliphatic carbocycles. The molecule has 1 aliphatic rings. The smallest absolute Gasteiger partial charge is 0.253 e. The lowest BCUT2D eigenvalue weighted by atomic mass is 10.0. The van der Waals surface area contributed by atoms with Crippen LogP contribution in [-0.2, 0) is 0 Å². The number of benzene rings is 2. The van der Waals surface area contributed by atoms with Gasteiger partial charge in [-0.3, -0.25) is 4.79 Å². The van der Waals surface area contributed by atoms with Gasteiger partial charge in [0.25, 0.3) is 5.91 Å². The predicted octanol–water partition coefficient (Wildman–Crippen LogP) is 4.37. The molecule has 0 unspecified atom stereocenters. The molecule has 1 saturated heterocycles. The lowest BCUT2D eigenvalue weighted by molar-refractivity contribution is 0.0715. The van der Waals surface area contributed by atoms with Crippen molar-refractivity contribution >= 4 is 22.5 Å². The van der Waals surface area contributed by atoms with Crippen LogP contribution in [0.3, 0.4) is 0 Å². The van der Waals surface area contributed by atoms with Gasteiger partial charge in [-0.15, -0.1) is 0 Å². The normalized spacial score (nSPS) is 14.9. The highest BCUT2D eigenvalue weighted by Gasteiger charge is 2.21. The van der Waals surface area contributed by atoms with Crippen molar-refractivity contribution in [1.82, 2.24) is 19.5 Å². The van der Waals surface area contributed by atoms with E-state index in [-0.39, 0.29) is 11.9 Å². The maximum atomic E-state index is 12.8. The fraction of sp³-hybridized carbons (Fsp3) is 0.192. The number of piperidine rings is 1. The summed E-state index contributed by atoms with van der Waals surface area (Å²) in [6.45, 7) is 1.43. The molecule has 0 saturated carbocycles. The number of nitrogens with zero attached hydrogens (tertiary/aromatic N) is 4. The minimum absolute atomic E-state index is 0.0543. The first-order valence-corrected chi connectivity index (χ1v) is 11.1. The largest absolute Gasteiger partial charge is 0.454 e. The Morgan fingerprint density at radius 2 is 1.79 bits per heavy atom.